The third-order valence-electron chi connectivity index (χ3n) is 2.83. The van der Waals surface area contributed by atoms with Gasteiger partial charge in [0.2, 0.25) is 0 Å². The van der Waals surface area contributed by atoms with Crippen LogP contribution in [0, 0.1) is 18.8 Å². The van der Waals surface area contributed by atoms with Crippen LogP contribution in [0.25, 0.3) is 0 Å². The number of carbonyl (C=O) groups is 1. The summed E-state index contributed by atoms with van der Waals surface area (Å²) in [6.07, 6.45) is 3.46. The summed E-state index contributed by atoms with van der Waals surface area (Å²) in [6.45, 7) is 6.31. The van der Waals surface area contributed by atoms with Crippen LogP contribution in [0.2, 0.25) is 0 Å². The average molecular weight is 302 g/mol. The van der Waals surface area contributed by atoms with Crippen LogP contribution in [0.4, 0.5) is 5.69 Å². The first-order valence-electron chi connectivity index (χ1n) is 6.66. The fourth-order valence-corrected chi connectivity index (χ4v) is 2.67. The maximum atomic E-state index is 12.2. The second-order valence-electron chi connectivity index (χ2n) is 4.89. The number of aromatic nitrogens is 2. The van der Waals surface area contributed by atoms with Crippen molar-refractivity contribution in [1.82, 2.24) is 9.78 Å². The van der Waals surface area contributed by atoms with E-state index in [4.69, 9.17) is 5.73 Å². The van der Waals surface area contributed by atoms with Crippen molar-refractivity contribution >= 4 is 22.9 Å². The van der Waals surface area contributed by atoms with Gasteiger partial charge in [-0.3, -0.25) is 9.48 Å². The molecule has 2 rings (SSSR count). The SMILES string of the molecule is Cc1cc(C(=O)Nc2cnn(C(C)C)c2)sc1C#CCN. The van der Waals surface area contributed by atoms with Gasteiger partial charge in [0.1, 0.15) is 0 Å². The van der Waals surface area contributed by atoms with Crippen LogP contribution in [0.15, 0.2) is 18.5 Å². The maximum Gasteiger partial charge on any atom is 0.265 e. The standard InChI is InChI=1S/C15H18N4OS/c1-10(2)19-9-12(8-17-19)18-15(20)14-7-11(3)13(21-14)5-4-6-16/h7-10H,6,16H2,1-3H3,(H,18,20). The molecule has 0 aliphatic carbocycles. The average Bonchev–Trinajstić information content (AvgIpc) is 3.03. The van der Waals surface area contributed by atoms with Gasteiger partial charge in [-0.05, 0) is 32.4 Å². The predicted octanol–water partition coefficient (Wildman–Crippen LogP) is 2.40. The highest BCUT2D eigenvalue weighted by Gasteiger charge is 2.13. The van der Waals surface area contributed by atoms with Gasteiger partial charge in [-0.15, -0.1) is 11.3 Å². The molecule has 0 unspecified atom stereocenters. The van der Waals surface area contributed by atoms with Crippen LogP contribution in [0.3, 0.4) is 0 Å². The lowest BCUT2D eigenvalue weighted by Crippen LogP contribution is -2.09. The summed E-state index contributed by atoms with van der Waals surface area (Å²) < 4.78 is 1.80. The van der Waals surface area contributed by atoms with Crippen molar-refractivity contribution in [2.24, 2.45) is 5.73 Å². The van der Waals surface area contributed by atoms with Crippen molar-refractivity contribution in [3.8, 4) is 11.8 Å². The van der Waals surface area contributed by atoms with E-state index >= 15 is 0 Å². The van der Waals surface area contributed by atoms with Crippen LogP contribution < -0.4 is 11.1 Å². The first-order chi connectivity index (χ1) is 10.0. The minimum absolute atomic E-state index is 0.146. The highest BCUT2D eigenvalue weighted by Crippen LogP contribution is 2.22. The van der Waals surface area contributed by atoms with Crippen molar-refractivity contribution < 1.29 is 4.79 Å². The van der Waals surface area contributed by atoms with Gasteiger partial charge in [0.05, 0.1) is 28.2 Å². The fraction of sp³-hybridized carbons (Fsp3) is 0.333. The number of rotatable bonds is 3. The van der Waals surface area contributed by atoms with Crippen molar-refractivity contribution in [1.29, 1.82) is 0 Å². The molecule has 3 N–H and O–H groups in total. The summed E-state index contributed by atoms with van der Waals surface area (Å²) in [5, 5.41) is 7.04. The first-order valence-corrected chi connectivity index (χ1v) is 7.47. The number of nitrogens with one attached hydrogen (secondary N) is 1. The van der Waals surface area contributed by atoms with Crippen molar-refractivity contribution in [3.63, 3.8) is 0 Å². The molecule has 0 saturated carbocycles. The van der Waals surface area contributed by atoms with Crippen molar-refractivity contribution in [2.75, 3.05) is 11.9 Å². The largest absolute Gasteiger partial charge is 0.320 e. The lowest BCUT2D eigenvalue weighted by molar-refractivity contribution is 0.103. The number of nitrogens with zero attached hydrogens (tertiary/aromatic N) is 2. The summed E-state index contributed by atoms with van der Waals surface area (Å²) in [4.78, 5) is 13.7. The van der Waals surface area contributed by atoms with Gasteiger partial charge >= 0.3 is 0 Å². The smallest absolute Gasteiger partial charge is 0.265 e. The molecular formula is C15H18N4OS. The molecule has 0 fully saturated rings. The Morgan fingerprint density at radius 2 is 2.33 bits per heavy atom. The second-order valence-corrected chi connectivity index (χ2v) is 5.94. The Kier molecular flexibility index (Phi) is 4.78. The molecule has 6 heteroatoms. The van der Waals surface area contributed by atoms with E-state index in [0.29, 0.717) is 17.1 Å². The molecule has 110 valence electrons. The van der Waals surface area contributed by atoms with Gasteiger partial charge < -0.3 is 11.1 Å². The number of amides is 1. The Morgan fingerprint density at radius 1 is 1.57 bits per heavy atom. The van der Waals surface area contributed by atoms with Crippen LogP contribution >= 0.6 is 11.3 Å². The van der Waals surface area contributed by atoms with E-state index < -0.39 is 0 Å². The Hall–Kier alpha value is -2.10. The lowest BCUT2D eigenvalue weighted by atomic mass is 10.2. The van der Waals surface area contributed by atoms with Crippen LogP contribution in [-0.4, -0.2) is 22.2 Å². The molecule has 5 nitrogen and oxygen atoms in total. The number of nitrogens with two attached hydrogens (primary N) is 1. The van der Waals surface area contributed by atoms with E-state index in [9.17, 15) is 4.79 Å². The van der Waals surface area contributed by atoms with Crippen LogP contribution in [-0.2, 0) is 0 Å². The van der Waals surface area contributed by atoms with Gasteiger partial charge in [0, 0.05) is 12.2 Å². The molecule has 21 heavy (non-hydrogen) atoms. The molecule has 1 amide bonds. The Balaban J connectivity index is 2.12. The summed E-state index contributed by atoms with van der Waals surface area (Å²) in [7, 11) is 0. The fourth-order valence-electron chi connectivity index (χ4n) is 1.73. The maximum absolute atomic E-state index is 12.2. The van der Waals surface area contributed by atoms with Crippen molar-refractivity contribution in [3.05, 3.63) is 33.8 Å². The summed E-state index contributed by atoms with van der Waals surface area (Å²) in [5.74, 6) is 5.64. The second kappa shape index (κ2) is 6.57. The Labute approximate surface area is 128 Å². The highest BCUT2D eigenvalue weighted by molar-refractivity contribution is 7.14. The van der Waals surface area contributed by atoms with E-state index in [0.717, 1.165) is 10.4 Å². The van der Waals surface area contributed by atoms with E-state index in [1.165, 1.54) is 11.3 Å². The topological polar surface area (TPSA) is 72.9 Å². The predicted molar refractivity (Wildman–Crippen MR) is 85.6 cm³/mol. The summed E-state index contributed by atoms with van der Waals surface area (Å²) in [5.41, 5.74) is 7.04. The quantitative estimate of drug-likeness (QED) is 0.855. The minimum Gasteiger partial charge on any atom is -0.320 e. The number of hydrogen-bond donors (Lipinski definition) is 2. The molecule has 0 bridgehead atoms. The van der Waals surface area contributed by atoms with Gasteiger partial charge in [-0.2, -0.15) is 5.10 Å². The summed E-state index contributed by atoms with van der Waals surface area (Å²) >= 11 is 1.37. The van der Waals surface area contributed by atoms with Crippen LogP contribution in [0.1, 0.15) is 40.0 Å². The molecule has 2 aromatic rings. The summed E-state index contributed by atoms with van der Waals surface area (Å²) in [6, 6.07) is 2.10. The molecule has 0 aliphatic heterocycles. The molecule has 0 atom stereocenters. The zero-order valence-electron chi connectivity index (χ0n) is 12.3. The number of carbonyl (C=O) groups excluding carboxylic acids is 1. The number of anilines is 1. The molecule has 2 aromatic heterocycles. The molecule has 0 aromatic carbocycles. The molecule has 0 aliphatic rings. The number of aryl methyl sites for hydroxylation is 1. The van der Waals surface area contributed by atoms with Gasteiger partial charge in [-0.25, -0.2) is 0 Å². The van der Waals surface area contributed by atoms with Gasteiger partial charge in [0.15, 0.2) is 0 Å². The van der Waals surface area contributed by atoms with Gasteiger partial charge in [0.25, 0.3) is 5.91 Å². The first kappa shape index (κ1) is 15.3. The molecule has 2 heterocycles. The number of thiophene rings is 1. The molecule has 0 spiro atoms. The van der Waals surface area contributed by atoms with E-state index in [1.54, 1.807) is 10.9 Å². The monoisotopic (exact) mass is 302 g/mol. The normalized spacial score (nSPS) is 10.3. The third kappa shape index (κ3) is 3.72. The van der Waals surface area contributed by atoms with E-state index in [-0.39, 0.29) is 11.9 Å². The van der Waals surface area contributed by atoms with Gasteiger partial charge in [-0.1, -0.05) is 11.8 Å². The minimum atomic E-state index is -0.146. The number of hydrogen-bond acceptors (Lipinski definition) is 4. The van der Waals surface area contributed by atoms with Crippen molar-refractivity contribution in [2.45, 2.75) is 26.8 Å². The molecular weight excluding hydrogens is 284 g/mol. The Bertz CT molecular complexity index is 703. The Morgan fingerprint density at radius 3 is 2.95 bits per heavy atom. The zero-order valence-corrected chi connectivity index (χ0v) is 13.1. The molecule has 0 saturated heterocycles. The highest BCUT2D eigenvalue weighted by atomic mass is 32.1. The zero-order chi connectivity index (χ0) is 15.4. The van der Waals surface area contributed by atoms with Crippen LogP contribution in [0.5, 0.6) is 0 Å². The van der Waals surface area contributed by atoms with E-state index in [2.05, 4.69) is 22.3 Å². The lowest BCUT2D eigenvalue weighted by Gasteiger charge is -2.03. The third-order valence-corrected chi connectivity index (χ3v) is 3.99. The molecule has 0 radical (unpaired) electrons. The van der Waals surface area contributed by atoms with E-state index in [1.807, 2.05) is 33.0 Å².